The number of carboxylic acids is 1. The van der Waals surface area contributed by atoms with E-state index in [9.17, 15) is 4.79 Å². The lowest BCUT2D eigenvalue weighted by molar-refractivity contribution is -0.136. The van der Waals surface area contributed by atoms with E-state index in [1.807, 2.05) is 6.07 Å². The first kappa shape index (κ1) is 9.74. The number of halogens is 1. The summed E-state index contributed by atoms with van der Waals surface area (Å²) in [6.07, 6.45) is 1.08. The first-order valence-electron chi connectivity index (χ1n) is 3.62. The largest absolute Gasteiger partial charge is 0.481 e. The maximum absolute atomic E-state index is 10.4. The molecule has 0 unspecified atom stereocenters. The molecule has 1 rings (SSSR count). The molecule has 0 aliphatic rings. The van der Waals surface area contributed by atoms with Crippen molar-refractivity contribution in [2.45, 2.75) is 19.8 Å². The van der Waals surface area contributed by atoms with Crippen molar-refractivity contribution in [3.63, 3.8) is 0 Å². The van der Waals surface area contributed by atoms with Crippen LogP contribution >= 0.6 is 27.3 Å². The van der Waals surface area contributed by atoms with E-state index in [2.05, 4.69) is 22.9 Å². The van der Waals surface area contributed by atoms with Gasteiger partial charge in [-0.05, 0) is 28.4 Å². The molecule has 1 aromatic rings. The molecule has 0 atom stereocenters. The maximum Gasteiger partial charge on any atom is 0.308 e. The van der Waals surface area contributed by atoms with Crippen molar-refractivity contribution in [3.8, 4) is 0 Å². The molecule has 0 aliphatic heterocycles. The molecule has 0 aliphatic carbocycles. The van der Waals surface area contributed by atoms with E-state index in [0.717, 1.165) is 15.8 Å². The molecule has 4 heteroatoms. The molecule has 0 amide bonds. The summed E-state index contributed by atoms with van der Waals surface area (Å²) < 4.78 is 0.923. The zero-order valence-electron chi connectivity index (χ0n) is 6.63. The van der Waals surface area contributed by atoms with Gasteiger partial charge < -0.3 is 5.11 Å². The highest BCUT2D eigenvalue weighted by molar-refractivity contribution is 9.10. The fraction of sp³-hybridized carbons (Fsp3) is 0.375. The van der Waals surface area contributed by atoms with E-state index in [1.54, 1.807) is 11.3 Å². The van der Waals surface area contributed by atoms with Crippen molar-refractivity contribution in [3.05, 3.63) is 20.3 Å². The molecular weight excluding hydrogens is 240 g/mol. The predicted octanol–water partition coefficient (Wildman–Crippen LogP) is 2.70. The molecule has 1 aromatic heterocycles. The second-order valence-corrected chi connectivity index (χ2v) is 4.48. The molecule has 12 heavy (non-hydrogen) atoms. The minimum Gasteiger partial charge on any atom is -0.481 e. The summed E-state index contributed by atoms with van der Waals surface area (Å²) in [6, 6.07) is 1.99. The SMILES string of the molecule is CCc1cc(Br)c(CC(=O)O)s1. The van der Waals surface area contributed by atoms with Crippen LogP contribution in [0.15, 0.2) is 10.5 Å². The molecular formula is C8H9BrO2S. The van der Waals surface area contributed by atoms with Gasteiger partial charge in [-0.25, -0.2) is 0 Å². The van der Waals surface area contributed by atoms with Crippen LogP contribution < -0.4 is 0 Å². The van der Waals surface area contributed by atoms with Gasteiger partial charge in [0.25, 0.3) is 0 Å². The smallest absolute Gasteiger partial charge is 0.308 e. The Hall–Kier alpha value is -0.350. The summed E-state index contributed by atoms with van der Waals surface area (Å²) in [5.74, 6) is -0.778. The van der Waals surface area contributed by atoms with Crippen molar-refractivity contribution in [1.82, 2.24) is 0 Å². The Morgan fingerprint density at radius 1 is 1.75 bits per heavy atom. The van der Waals surface area contributed by atoms with E-state index >= 15 is 0 Å². The average Bonchev–Trinajstić information content (AvgIpc) is 2.31. The Balaban J connectivity index is 2.84. The van der Waals surface area contributed by atoms with Crippen molar-refractivity contribution < 1.29 is 9.90 Å². The lowest BCUT2D eigenvalue weighted by Gasteiger charge is -1.90. The second-order valence-electron chi connectivity index (χ2n) is 2.41. The molecule has 0 fully saturated rings. The molecule has 66 valence electrons. The zero-order chi connectivity index (χ0) is 9.14. The maximum atomic E-state index is 10.4. The monoisotopic (exact) mass is 248 g/mol. The molecule has 2 nitrogen and oxygen atoms in total. The fourth-order valence-corrected chi connectivity index (χ4v) is 2.69. The number of aryl methyl sites for hydroxylation is 1. The van der Waals surface area contributed by atoms with Gasteiger partial charge in [0.2, 0.25) is 0 Å². The van der Waals surface area contributed by atoms with Crippen molar-refractivity contribution in [2.24, 2.45) is 0 Å². The number of hydrogen-bond acceptors (Lipinski definition) is 2. The third kappa shape index (κ3) is 2.32. The molecule has 0 saturated carbocycles. The summed E-state index contributed by atoms with van der Waals surface area (Å²) in [5, 5.41) is 8.56. The van der Waals surface area contributed by atoms with Gasteiger partial charge in [-0.15, -0.1) is 11.3 Å². The van der Waals surface area contributed by atoms with E-state index in [1.165, 1.54) is 4.88 Å². The summed E-state index contributed by atoms with van der Waals surface area (Å²) in [4.78, 5) is 12.5. The first-order chi connectivity index (χ1) is 5.63. The number of thiophene rings is 1. The van der Waals surface area contributed by atoms with Crippen LogP contribution in [0.1, 0.15) is 16.7 Å². The van der Waals surface area contributed by atoms with Gasteiger partial charge in [0.15, 0.2) is 0 Å². The quantitative estimate of drug-likeness (QED) is 0.894. The summed E-state index contributed by atoms with van der Waals surface area (Å²) in [7, 11) is 0. The van der Waals surface area contributed by atoms with Crippen molar-refractivity contribution in [1.29, 1.82) is 0 Å². The van der Waals surface area contributed by atoms with Crippen LogP contribution in [0.25, 0.3) is 0 Å². The van der Waals surface area contributed by atoms with Crippen LogP contribution in [0, 0.1) is 0 Å². The standard InChI is InChI=1S/C8H9BrO2S/c1-2-5-3-6(9)7(12-5)4-8(10)11/h3H,2,4H2,1H3,(H,10,11). The van der Waals surface area contributed by atoms with Gasteiger partial charge in [0, 0.05) is 14.2 Å². The fourth-order valence-electron chi connectivity index (χ4n) is 0.890. The number of hydrogen-bond donors (Lipinski definition) is 1. The molecule has 1 N–H and O–H groups in total. The van der Waals surface area contributed by atoms with Crippen molar-refractivity contribution >= 4 is 33.2 Å². The normalized spacial score (nSPS) is 10.2. The molecule has 0 bridgehead atoms. The third-order valence-electron chi connectivity index (χ3n) is 1.47. The predicted molar refractivity (Wildman–Crippen MR) is 52.7 cm³/mol. The average molecular weight is 249 g/mol. The van der Waals surface area contributed by atoms with Crippen LogP contribution in [0.5, 0.6) is 0 Å². The zero-order valence-corrected chi connectivity index (χ0v) is 9.04. The summed E-state index contributed by atoms with van der Waals surface area (Å²) >= 11 is 4.89. The molecule has 1 heterocycles. The first-order valence-corrected chi connectivity index (χ1v) is 5.23. The summed E-state index contributed by atoms with van der Waals surface area (Å²) in [5.41, 5.74) is 0. The Morgan fingerprint density at radius 2 is 2.42 bits per heavy atom. The van der Waals surface area contributed by atoms with Crippen LogP contribution in [0.3, 0.4) is 0 Å². The van der Waals surface area contributed by atoms with Crippen LogP contribution in [-0.2, 0) is 17.6 Å². The number of aliphatic carboxylic acids is 1. The Labute approximate surface area is 83.4 Å². The Morgan fingerprint density at radius 3 is 2.83 bits per heavy atom. The second kappa shape index (κ2) is 4.05. The molecule has 0 aromatic carbocycles. The van der Waals surface area contributed by atoms with E-state index in [4.69, 9.17) is 5.11 Å². The van der Waals surface area contributed by atoms with E-state index in [0.29, 0.717) is 0 Å². The van der Waals surface area contributed by atoms with Gasteiger partial charge in [-0.3, -0.25) is 4.79 Å². The highest BCUT2D eigenvalue weighted by Gasteiger charge is 2.08. The van der Waals surface area contributed by atoms with Crippen LogP contribution in [-0.4, -0.2) is 11.1 Å². The van der Waals surface area contributed by atoms with E-state index < -0.39 is 5.97 Å². The number of carboxylic acid groups (broad SMARTS) is 1. The molecule has 0 saturated heterocycles. The lowest BCUT2D eigenvalue weighted by Crippen LogP contribution is -1.97. The van der Waals surface area contributed by atoms with Crippen molar-refractivity contribution in [2.75, 3.05) is 0 Å². The van der Waals surface area contributed by atoms with Crippen LogP contribution in [0.4, 0.5) is 0 Å². The Bertz CT molecular complexity index is 293. The highest BCUT2D eigenvalue weighted by atomic mass is 79.9. The highest BCUT2D eigenvalue weighted by Crippen LogP contribution is 2.28. The van der Waals surface area contributed by atoms with Gasteiger partial charge in [0.1, 0.15) is 0 Å². The van der Waals surface area contributed by atoms with Gasteiger partial charge in [-0.2, -0.15) is 0 Å². The van der Waals surface area contributed by atoms with Gasteiger partial charge in [-0.1, -0.05) is 6.92 Å². The molecule has 0 spiro atoms. The number of carbonyl (C=O) groups is 1. The van der Waals surface area contributed by atoms with Gasteiger partial charge >= 0.3 is 5.97 Å². The third-order valence-corrected chi connectivity index (χ3v) is 3.72. The van der Waals surface area contributed by atoms with Gasteiger partial charge in [0.05, 0.1) is 6.42 Å². The number of rotatable bonds is 3. The minimum absolute atomic E-state index is 0.116. The topological polar surface area (TPSA) is 37.3 Å². The molecule has 0 radical (unpaired) electrons. The van der Waals surface area contributed by atoms with E-state index in [-0.39, 0.29) is 6.42 Å². The summed E-state index contributed by atoms with van der Waals surface area (Å²) in [6.45, 7) is 2.06. The minimum atomic E-state index is -0.778. The van der Waals surface area contributed by atoms with Crippen LogP contribution in [0.2, 0.25) is 0 Å². The Kier molecular flexibility index (Phi) is 3.29. The lowest BCUT2D eigenvalue weighted by atomic mass is 10.3.